The van der Waals surface area contributed by atoms with Crippen molar-refractivity contribution in [2.24, 2.45) is 11.3 Å². The van der Waals surface area contributed by atoms with Crippen molar-refractivity contribution in [1.82, 2.24) is 4.31 Å². The second-order valence-electron chi connectivity index (χ2n) is 6.29. The zero-order chi connectivity index (χ0) is 15.1. The first-order chi connectivity index (χ1) is 9.12. The molecule has 0 N–H and O–H groups in total. The highest BCUT2D eigenvalue weighted by molar-refractivity contribution is 9.11. The van der Waals surface area contributed by atoms with Gasteiger partial charge in [0.05, 0.1) is 4.90 Å². The van der Waals surface area contributed by atoms with Gasteiger partial charge in [-0.15, -0.1) is 0 Å². The van der Waals surface area contributed by atoms with E-state index in [0.717, 1.165) is 10.9 Å². The molecule has 0 aromatic heterocycles. The molecule has 2 rings (SSSR count). The van der Waals surface area contributed by atoms with Crippen LogP contribution < -0.4 is 0 Å². The fourth-order valence-electron chi connectivity index (χ4n) is 2.47. The van der Waals surface area contributed by atoms with Crippen LogP contribution in [0.25, 0.3) is 0 Å². The van der Waals surface area contributed by atoms with Crippen molar-refractivity contribution in [3.8, 4) is 0 Å². The average molecular weight is 425 g/mol. The molecule has 0 radical (unpaired) electrons. The zero-order valence-corrected chi connectivity index (χ0v) is 15.8. The predicted molar refractivity (Wildman–Crippen MR) is 88.2 cm³/mol. The molecule has 1 fully saturated rings. The first kappa shape index (κ1) is 16.5. The van der Waals surface area contributed by atoms with Crippen molar-refractivity contribution in [2.75, 3.05) is 13.1 Å². The van der Waals surface area contributed by atoms with Gasteiger partial charge in [-0.25, -0.2) is 8.42 Å². The summed E-state index contributed by atoms with van der Waals surface area (Å²) >= 11 is 6.68. The van der Waals surface area contributed by atoms with Crippen LogP contribution in [0.4, 0.5) is 0 Å². The van der Waals surface area contributed by atoms with Crippen LogP contribution >= 0.6 is 31.9 Å². The van der Waals surface area contributed by atoms with Crippen molar-refractivity contribution in [3.63, 3.8) is 0 Å². The maximum Gasteiger partial charge on any atom is 0.244 e. The van der Waals surface area contributed by atoms with Gasteiger partial charge in [0.15, 0.2) is 0 Å². The van der Waals surface area contributed by atoms with Crippen molar-refractivity contribution in [2.45, 2.75) is 32.1 Å². The molecule has 20 heavy (non-hydrogen) atoms. The Bertz CT molecular complexity index is 608. The van der Waals surface area contributed by atoms with E-state index in [1.807, 2.05) is 6.07 Å². The second kappa shape index (κ2) is 5.71. The van der Waals surface area contributed by atoms with E-state index in [2.05, 4.69) is 52.6 Å². The topological polar surface area (TPSA) is 37.4 Å². The quantitative estimate of drug-likeness (QED) is 0.710. The summed E-state index contributed by atoms with van der Waals surface area (Å²) in [5, 5.41) is 0. The van der Waals surface area contributed by atoms with Crippen molar-refractivity contribution < 1.29 is 8.42 Å². The largest absolute Gasteiger partial charge is 0.244 e. The van der Waals surface area contributed by atoms with E-state index in [1.54, 1.807) is 16.4 Å². The number of hydrogen-bond acceptors (Lipinski definition) is 2. The smallest absolute Gasteiger partial charge is 0.207 e. The van der Waals surface area contributed by atoms with Crippen molar-refractivity contribution in [3.05, 3.63) is 27.1 Å². The zero-order valence-electron chi connectivity index (χ0n) is 11.9. The molecule has 1 aromatic carbocycles. The van der Waals surface area contributed by atoms with Crippen LogP contribution in [0.2, 0.25) is 0 Å². The Hall–Kier alpha value is 0.0900. The molecule has 1 heterocycles. The van der Waals surface area contributed by atoms with Crippen LogP contribution in [0.3, 0.4) is 0 Å². The van der Waals surface area contributed by atoms with Crippen LogP contribution in [-0.4, -0.2) is 25.8 Å². The van der Waals surface area contributed by atoms with Gasteiger partial charge in [-0.3, -0.25) is 0 Å². The summed E-state index contributed by atoms with van der Waals surface area (Å²) in [6, 6.07) is 5.24. The molecule has 1 atom stereocenters. The maximum absolute atomic E-state index is 12.8. The molecule has 6 heteroatoms. The van der Waals surface area contributed by atoms with Gasteiger partial charge in [0.25, 0.3) is 0 Å². The lowest BCUT2D eigenvalue weighted by Gasteiger charge is -2.27. The normalized spacial score (nSPS) is 21.4. The fourth-order valence-corrected chi connectivity index (χ4v) is 5.43. The lowest BCUT2D eigenvalue weighted by atomic mass is 9.80. The average Bonchev–Trinajstić information content (AvgIpc) is 2.82. The molecule has 112 valence electrons. The third-order valence-corrected chi connectivity index (χ3v) is 7.24. The van der Waals surface area contributed by atoms with Gasteiger partial charge in [-0.2, -0.15) is 4.31 Å². The number of rotatable bonds is 2. The predicted octanol–water partition coefficient (Wildman–Crippen LogP) is 4.27. The molecule has 0 bridgehead atoms. The van der Waals surface area contributed by atoms with Gasteiger partial charge in [-0.05, 0) is 51.9 Å². The number of hydrogen-bond donors (Lipinski definition) is 0. The fraction of sp³-hybridized carbons (Fsp3) is 0.571. The number of benzene rings is 1. The van der Waals surface area contributed by atoms with Crippen LogP contribution in [-0.2, 0) is 10.0 Å². The third-order valence-electron chi connectivity index (χ3n) is 3.89. The molecule has 1 aromatic rings. The van der Waals surface area contributed by atoms with Gasteiger partial charge >= 0.3 is 0 Å². The first-order valence-corrected chi connectivity index (χ1v) is 9.60. The van der Waals surface area contributed by atoms with Crippen LogP contribution in [0, 0.1) is 11.3 Å². The summed E-state index contributed by atoms with van der Waals surface area (Å²) in [4.78, 5) is 0.335. The standard InChI is InChI=1S/C14H19Br2NO2S/c1-14(2,3)10-6-7-17(9-10)20(18,19)13-8-11(15)4-5-12(13)16/h4-5,8,10H,6-7,9H2,1-3H3. The van der Waals surface area contributed by atoms with Gasteiger partial charge in [0, 0.05) is 22.0 Å². The Morgan fingerprint density at radius 2 is 1.90 bits per heavy atom. The van der Waals surface area contributed by atoms with Crippen molar-refractivity contribution in [1.29, 1.82) is 0 Å². The number of halogens is 2. The Kier molecular flexibility index (Phi) is 4.70. The highest BCUT2D eigenvalue weighted by Gasteiger charge is 2.38. The molecular formula is C14H19Br2NO2S. The molecule has 1 saturated heterocycles. The second-order valence-corrected chi connectivity index (χ2v) is 9.97. The monoisotopic (exact) mass is 423 g/mol. The minimum Gasteiger partial charge on any atom is -0.207 e. The molecule has 1 unspecified atom stereocenters. The molecular weight excluding hydrogens is 406 g/mol. The minimum atomic E-state index is -3.43. The molecule has 0 saturated carbocycles. The summed E-state index contributed by atoms with van der Waals surface area (Å²) in [5.41, 5.74) is 0.138. The Morgan fingerprint density at radius 1 is 1.25 bits per heavy atom. The Balaban J connectivity index is 2.31. The first-order valence-electron chi connectivity index (χ1n) is 6.57. The Labute approximate surface area is 138 Å². The molecule has 0 aliphatic carbocycles. The highest BCUT2D eigenvalue weighted by atomic mass is 79.9. The van der Waals surface area contributed by atoms with Gasteiger partial charge < -0.3 is 0 Å². The summed E-state index contributed by atoms with van der Waals surface area (Å²) < 4.78 is 28.5. The lowest BCUT2D eigenvalue weighted by Crippen LogP contribution is -2.31. The number of sulfonamides is 1. The SMILES string of the molecule is CC(C)(C)C1CCN(S(=O)(=O)c2cc(Br)ccc2Br)C1. The lowest BCUT2D eigenvalue weighted by molar-refractivity contribution is 0.252. The summed E-state index contributed by atoms with van der Waals surface area (Å²) in [6.07, 6.45) is 0.925. The van der Waals surface area contributed by atoms with Crippen LogP contribution in [0.1, 0.15) is 27.2 Å². The van der Waals surface area contributed by atoms with E-state index >= 15 is 0 Å². The summed E-state index contributed by atoms with van der Waals surface area (Å²) in [6.45, 7) is 7.71. The van der Waals surface area contributed by atoms with Crippen molar-refractivity contribution >= 4 is 41.9 Å². The van der Waals surface area contributed by atoms with Gasteiger partial charge in [0.2, 0.25) is 10.0 Å². The summed E-state index contributed by atoms with van der Waals surface area (Å²) in [5.74, 6) is 0.406. The Morgan fingerprint density at radius 3 is 2.45 bits per heavy atom. The van der Waals surface area contributed by atoms with E-state index in [9.17, 15) is 8.42 Å². The van der Waals surface area contributed by atoms with E-state index in [4.69, 9.17) is 0 Å². The van der Waals surface area contributed by atoms with E-state index in [1.165, 1.54) is 0 Å². The highest BCUT2D eigenvalue weighted by Crippen LogP contribution is 2.37. The van der Waals surface area contributed by atoms with E-state index in [-0.39, 0.29) is 5.41 Å². The number of nitrogens with zero attached hydrogens (tertiary/aromatic N) is 1. The van der Waals surface area contributed by atoms with Gasteiger partial charge in [-0.1, -0.05) is 36.7 Å². The van der Waals surface area contributed by atoms with Crippen LogP contribution in [0.15, 0.2) is 32.0 Å². The maximum atomic E-state index is 12.8. The molecule has 0 spiro atoms. The van der Waals surface area contributed by atoms with Gasteiger partial charge in [0.1, 0.15) is 0 Å². The molecule has 1 aliphatic heterocycles. The van der Waals surface area contributed by atoms with E-state index in [0.29, 0.717) is 28.4 Å². The molecule has 0 amide bonds. The van der Waals surface area contributed by atoms with Crippen LogP contribution in [0.5, 0.6) is 0 Å². The summed E-state index contributed by atoms with van der Waals surface area (Å²) in [7, 11) is -3.43. The third kappa shape index (κ3) is 3.29. The molecule has 3 nitrogen and oxygen atoms in total. The van der Waals surface area contributed by atoms with E-state index < -0.39 is 10.0 Å². The minimum absolute atomic E-state index is 0.138. The molecule has 1 aliphatic rings.